The Bertz CT molecular complexity index is 711. The van der Waals surface area contributed by atoms with Crippen molar-refractivity contribution < 1.29 is 4.74 Å². The van der Waals surface area contributed by atoms with Crippen molar-refractivity contribution in [1.82, 2.24) is 10.2 Å². The van der Waals surface area contributed by atoms with Gasteiger partial charge in [-0.1, -0.05) is 24.3 Å². The summed E-state index contributed by atoms with van der Waals surface area (Å²) in [6.07, 6.45) is 3.50. The van der Waals surface area contributed by atoms with Crippen molar-refractivity contribution >= 4 is 5.69 Å². The quantitative estimate of drug-likeness (QED) is 0.896. The van der Waals surface area contributed by atoms with E-state index in [1.54, 1.807) is 7.11 Å². The van der Waals surface area contributed by atoms with Crippen LogP contribution in [0.3, 0.4) is 0 Å². The van der Waals surface area contributed by atoms with E-state index in [0.29, 0.717) is 6.04 Å². The topological polar surface area (TPSA) is 27.7 Å². The molecule has 4 heteroatoms. The second kappa shape index (κ2) is 8.11. The number of aryl methyl sites for hydroxylation is 1. The third-order valence-corrected chi connectivity index (χ3v) is 5.74. The average Bonchev–Trinajstić information content (AvgIpc) is 2.72. The van der Waals surface area contributed by atoms with Gasteiger partial charge in [0.05, 0.1) is 7.11 Å². The Morgan fingerprint density at radius 3 is 2.58 bits per heavy atom. The van der Waals surface area contributed by atoms with Gasteiger partial charge in [0, 0.05) is 44.6 Å². The minimum atomic E-state index is 0.571. The van der Waals surface area contributed by atoms with Gasteiger partial charge in [0.2, 0.25) is 0 Å². The van der Waals surface area contributed by atoms with E-state index in [4.69, 9.17) is 4.74 Å². The molecule has 2 aromatic carbocycles. The number of anilines is 1. The fourth-order valence-electron chi connectivity index (χ4n) is 4.10. The highest BCUT2D eigenvalue weighted by Crippen LogP contribution is 2.25. The van der Waals surface area contributed by atoms with Gasteiger partial charge in [-0.25, -0.2) is 0 Å². The number of methoxy groups -OCH3 is 1. The lowest BCUT2D eigenvalue weighted by Crippen LogP contribution is -2.51. The van der Waals surface area contributed by atoms with E-state index in [0.717, 1.165) is 45.0 Å². The molecule has 1 aliphatic heterocycles. The fourth-order valence-corrected chi connectivity index (χ4v) is 4.10. The second-order valence-corrected chi connectivity index (χ2v) is 7.38. The number of piperazine rings is 1. The van der Waals surface area contributed by atoms with Crippen LogP contribution in [0.1, 0.15) is 17.5 Å². The van der Waals surface area contributed by atoms with E-state index < -0.39 is 0 Å². The molecule has 1 fully saturated rings. The lowest BCUT2D eigenvalue weighted by Gasteiger charge is -2.37. The molecule has 4 rings (SSSR count). The Labute approximate surface area is 156 Å². The number of nitrogens with zero attached hydrogens (tertiary/aromatic N) is 2. The summed E-state index contributed by atoms with van der Waals surface area (Å²) < 4.78 is 5.38. The summed E-state index contributed by atoms with van der Waals surface area (Å²) in [5, 5.41) is 3.79. The van der Waals surface area contributed by atoms with E-state index in [1.807, 2.05) is 0 Å². The van der Waals surface area contributed by atoms with E-state index in [2.05, 4.69) is 63.6 Å². The van der Waals surface area contributed by atoms with Crippen LogP contribution in [-0.2, 0) is 12.8 Å². The highest BCUT2D eigenvalue weighted by molar-refractivity contribution is 5.46. The molecule has 2 aliphatic rings. The molecule has 0 bridgehead atoms. The van der Waals surface area contributed by atoms with Gasteiger partial charge in [-0.15, -0.1) is 0 Å². The van der Waals surface area contributed by atoms with Gasteiger partial charge in [0.15, 0.2) is 0 Å². The number of fused-ring (bicyclic) bond motifs is 1. The monoisotopic (exact) mass is 351 g/mol. The molecule has 0 aromatic heterocycles. The zero-order chi connectivity index (χ0) is 17.8. The first-order valence-corrected chi connectivity index (χ1v) is 9.73. The van der Waals surface area contributed by atoms with Crippen molar-refractivity contribution in [2.24, 2.45) is 0 Å². The molecule has 0 saturated carbocycles. The first-order valence-electron chi connectivity index (χ1n) is 9.73. The molecule has 1 aliphatic carbocycles. The van der Waals surface area contributed by atoms with Gasteiger partial charge in [-0.05, 0) is 54.7 Å². The standard InChI is InChI=1S/C22H29N3O/c1-26-22-10-8-18-7-9-20(15-19(18)16-22)23-17-24-11-13-25(14-12-24)21-5-3-2-4-6-21/h2-6,8,10,16,20,23H,7,9,11-15,17H2,1H3. The molecule has 4 nitrogen and oxygen atoms in total. The van der Waals surface area contributed by atoms with Gasteiger partial charge >= 0.3 is 0 Å². The van der Waals surface area contributed by atoms with Crippen molar-refractivity contribution in [2.45, 2.75) is 25.3 Å². The maximum absolute atomic E-state index is 5.38. The smallest absolute Gasteiger partial charge is 0.119 e. The fraction of sp³-hybridized carbons (Fsp3) is 0.455. The van der Waals surface area contributed by atoms with E-state index >= 15 is 0 Å². The molecule has 1 heterocycles. The third kappa shape index (κ3) is 4.02. The van der Waals surface area contributed by atoms with Gasteiger partial charge in [-0.2, -0.15) is 0 Å². The normalized spacial score (nSPS) is 20.7. The lowest BCUT2D eigenvalue weighted by atomic mass is 9.88. The molecule has 138 valence electrons. The molecule has 1 atom stereocenters. The van der Waals surface area contributed by atoms with Crippen molar-refractivity contribution in [3.05, 3.63) is 59.7 Å². The molecule has 0 radical (unpaired) electrons. The molecule has 1 unspecified atom stereocenters. The van der Waals surface area contributed by atoms with Crippen molar-refractivity contribution in [3.63, 3.8) is 0 Å². The van der Waals surface area contributed by atoms with Gasteiger partial charge in [-0.3, -0.25) is 4.90 Å². The van der Waals surface area contributed by atoms with Crippen molar-refractivity contribution in [1.29, 1.82) is 0 Å². The second-order valence-electron chi connectivity index (χ2n) is 7.38. The molecule has 2 aromatic rings. The van der Waals surface area contributed by atoms with Crippen LogP contribution in [0.4, 0.5) is 5.69 Å². The number of benzene rings is 2. The minimum absolute atomic E-state index is 0.571. The number of para-hydroxylation sites is 1. The number of nitrogens with one attached hydrogen (secondary N) is 1. The van der Waals surface area contributed by atoms with Crippen LogP contribution in [0.5, 0.6) is 5.75 Å². The summed E-state index contributed by atoms with van der Waals surface area (Å²) in [6.45, 7) is 5.46. The predicted octanol–water partition coefficient (Wildman–Crippen LogP) is 2.92. The third-order valence-electron chi connectivity index (χ3n) is 5.74. The first-order chi connectivity index (χ1) is 12.8. The molecular weight excluding hydrogens is 322 g/mol. The number of ether oxygens (including phenoxy) is 1. The molecule has 0 spiro atoms. The highest BCUT2D eigenvalue weighted by Gasteiger charge is 2.21. The van der Waals surface area contributed by atoms with Crippen LogP contribution in [0.15, 0.2) is 48.5 Å². The van der Waals surface area contributed by atoms with Gasteiger partial charge in [0.1, 0.15) is 5.75 Å². The van der Waals surface area contributed by atoms with E-state index in [-0.39, 0.29) is 0 Å². The molecule has 1 N–H and O–H groups in total. The maximum atomic E-state index is 5.38. The number of rotatable bonds is 5. The van der Waals surface area contributed by atoms with Crippen molar-refractivity contribution in [2.75, 3.05) is 44.9 Å². The van der Waals surface area contributed by atoms with Crippen LogP contribution < -0.4 is 15.0 Å². The van der Waals surface area contributed by atoms with Crippen LogP contribution >= 0.6 is 0 Å². The van der Waals surface area contributed by atoms with Crippen LogP contribution in [0.2, 0.25) is 0 Å². The largest absolute Gasteiger partial charge is 0.497 e. The van der Waals surface area contributed by atoms with Gasteiger partial charge < -0.3 is 15.0 Å². The summed E-state index contributed by atoms with van der Waals surface area (Å²) in [5.74, 6) is 0.974. The zero-order valence-electron chi connectivity index (χ0n) is 15.7. The Kier molecular flexibility index (Phi) is 5.42. The van der Waals surface area contributed by atoms with Crippen molar-refractivity contribution in [3.8, 4) is 5.75 Å². The zero-order valence-corrected chi connectivity index (χ0v) is 15.7. The first kappa shape index (κ1) is 17.4. The molecule has 1 saturated heterocycles. The van der Waals surface area contributed by atoms with E-state index in [9.17, 15) is 0 Å². The van der Waals surface area contributed by atoms with Gasteiger partial charge in [0.25, 0.3) is 0 Å². The van der Waals surface area contributed by atoms with Crippen LogP contribution in [0, 0.1) is 0 Å². The highest BCUT2D eigenvalue weighted by atomic mass is 16.5. The Hall–Kier alpha value is -2.04. The average molecular weight is 351 g/mol. The number of hydrogen-bond acceptors (Lipinski definition) is 4. The molecule has 26 heavy (non-hydrogen) atoms. The number of hydrogen-bond donors (Lipinski definition) is 1. The summed E-state index contributed by atoms with van der Waals surface area (Å²) >= 11 is 0. The SMILES string of the molecule is COc1ccc2c(c1)CC(NCN1CCN(c3ccccc3)CC1)CC2. The lowest BCUT2D eigenvalue weighted by molar-refractivity contribution is 0.222. The Morgan fingerprint density at radius 2 is 1.81 bits per heavy atom. The summed E-state index contributed by atoms with van der Waals surface area (Å²) in [4.78, 5) is 5.03. The summed E-state index contributed by atoms with van der Waals surface area (Å²) in [6, 6.07) is 17.8. The summed E-state index contributed by atoms with van der Waals surface area (Å²) in [5.41, 5.74) is 4.28. The van der Waals surface area contributed by atoms with Crippen LogP contribution in [0.25, 0.3) is 0 Å². The van der Waals surface area contributed by atoms with E-state index in [1.165, 1.54) is 29.7 Å². The predicted molar refractivity (Wildman–Crippen MR) is 107 cm³/mol. The molecule has 0 amide bonds. The maximum Gasteiger partial charge on any atom is 0.119 e. The minimum Gasteiger partial charge on any atom is -0.497 e. The van der Waals surface area contributed by atoms with Crippen LogP contribution in [-0.4, -0.2) is 50.9 Å². The summed E-state index contributed by atoms with van der Waals surface area (Å²) in [7, 11) is 1.75. The Balaban J connectivity index is 1.25. The molecular formula is C22H29N3O. The Morgan fingerprint density at radius 1 is 1.00 bits per heavy atom.